The summed E-state index contributed by atoms with van der Waals surface area (Å²) in [5.74, 6) is -0.448. The van der Waals surface area contributed by atoms with Crippen LogP contribution < -0.4 is 0 Å². The predicted molar refractivity (Wildman–Crippen MR) is 70.1 cm³/mol. The lowest BCUT2D eigenvalue weighted by Gasteiger charge is -2.13. The second-order valence-corrected chi connectivity index (χ2v) is 5.21. The molecular formula is C12H8Br2FNO. The van der Waals surface area contributed by atoms with Gasteiger partial charge in [0.25, 0.3) is 0 Å². The molecule has 0 saturated heterocycles. The van der Waals surface area contributed by atoms with Gasteiger partial charge in [-0.05, 0) is 44.0 Å². The predicted octanol–water partition coefficient (Wildman–Crippen LogP) is 3.83. The van der Waals surface area contributed by atoms with E-state index in [2.05, 4.69) is 36.8 Å². The minimum Gasteiger partial charge on any atom is -0.382 e. The lowest BCUT2D eigenvalue weighted by Crippen LogP contribution is -2.05. The molecule has 2 aromatic rings. The van der Waals surface area contributed by atoms with E-state index in [4.69, 9.17) is 0 Å². The Morgan fingerprint density at radius 3 is 2.59 bits per heavy atom. The first-order valence-electron chi connectivity index (χ1n) is 4.83. The number of benzene rings is 1. The highest BCUT2D eigenvalue weighted by molar-refractivity contribution is 9.11. The van der Waals surface area contributed by atoms with Gasteiger partial charge in [-0.2, -0.15) is 0 Å². The summed E-state index contributed by atoms with van der Waals surface area (Å²) in [6.45, 7) is 0. The Labute approximate surface area is 115 Å². The van der Waals surface area contributed by atoms with Crippen molar-refractivity contribution in [2.45, 2.75) is 6.10 Å². The molecule has 1 unspecified atom stereocenters. The number of hydrogen-bond donors (Lipinski definition) is 1. The third-order valence-corrected chi connectivity index (χ3v) is 3.36. The monoisotopic (exact) mass is 359 g/mol. The summed E-state index contributed by atoms with van der Waals surface area (Å²) in [4.78, 5) is 4.08. The van der Waals surface area contributed by atoms with Gasteiger partial charge in [-0.3, -0.25) is 4.98 Å². The molecule has 0 aliphatic rings. The number of pyridine rings is 1. The highest BCUT2D eigenvalue weighted by Gasteiger charge is 2.18. The van der Waals surface area contributed by atoms with Crippen molar-refractivity contribution >= 4 is 31.9 Å². The number of aliphatic hydroxyl groups excluding tert-OH is 1. The van der Waals surface area contributed by atoms with E-state index in [0.717, 1.165) is 4.47 Å². The maximum Gasteiger partial charge on any atom is 0.129 e. The molecule has 2 nitrogen and oxygen atoms in total. The summed E-state index contributed by atoms with van der Waals surface area (Å²) >= 11 is 6.56. The Kier molecular flexibility index (Phi) is 3.91. The molecular weight excluding hydrogens is 353 g/mol. The standard InChI is InChI=1S/C12H8Br2FNO/c13-7-5-9(14)11(16-6-7)12(17)8-3-1-2-4-10(8)15/h1-6,12,17H. The van der Waals surface area contributed by atoms with Crippen LogP contribution in [0.2, 0.25) is 0 Å². The maximum absolute atomic E-state index is 13.5. The average Bonchev–Trinajstić information content (AvgIpc) is 2.29. The molecule has 1 heterocycles. The van der Waals surface area contributed by atoms with Crippen molar-refractivity contribution in [1.82, 2.24) is 4.98 Å². The zero-order valence-corrected chi connectivity index (χ0v) is 11.7. The van der Waals surface area contributed by atoms with Gasteiger partial charge >= 0.3 is 0 Å². The zero-order valence-electron chi connectivity index (χ0n) is 8.57. The molecule has 0 aliphatic carbocycles. The Balaban J connectivity index is 2.44. The molecule has 0 amide bonds. The normalized spacial score (nSPS) is 12.5. The topological polar surface area (TPSA) is 33.1 Å². The lowest BCUT2D eigenvalue weighted by atomic mass is 10.1. The van der Waals surface area contributed by atoms with Crippen LogP contribution in [0, 0.1) is 5.82 Å². The summed E-state index contributed by atoms with van der Waals surface area (Å²) in [6.07, 6.45) is 0.475. The summed E-state index contributed by atoms with van der Waals surface area (Å²) in [6, 6.07) is 7.86. The lowest BCUT2D eigenvalue weighted by molar-refractivity contribution is 0.209. The summed E-state index contributed by atoms with van der Waals surface area (Å²) in [7, 11) is 0. The van der Waals surface area contributed by atoms with Crippen molar-refractivity contribution in [3.8, 4) is 0 Å². The van der Waals surface area contributed by atoms with Gasteiger partial charge in [0.2, 0.25) is 0 Å². The van der Waals surface area contributed by atoms with Crippen LogP contribution in [0.15, 0.2) is 45.5 Å². The third kappa shape index (κ3) is 2.73. The van der Waals surface area contributed by atoms with E-state index in [9.17, 15) is 9.50 Å². The molecule has 0 fully saturated rings. The SMILES string of the molecule is OC(c1ccccc1F)c1ncc(Br)cc1Br. The Bertz CT molecular complexity index is 548. The first-order valence-corrected chi connectivity index (χ1v) is 6.41. The molecule has 0 bridgehead atoms. The first-order chi connectivity index (χ1) is 8.09. The average molecular weight is 361 g/mol. The highest BCUT2D eigenvalue weighted by Crippen LogP contribution is 2.29. The second-order valence-electron chi connectivity index (χ2n) is 3.44. The fourth-order valence-electron chi connectivity index (χ4n) is 1.47. The van der Waals surface area contributed by atoms with Gasteiger partial charge in [-0.1, -0.05) is 18.2 Å². The number of aliphatic hydroxyl groups is 1. The second kappa shape index (κ2) is 5.25. The molecule has 0 saturated carbocycles. The third-order valence-electron chi connectivity index (χ3n) is 2.30. The molecule has 88 valence electrons. The van der Waals surface area contributed by atoms with E-state index < -0.39 is 11.9 Å². The number of hydrogen-bond acceptors (Lipinski definition) is 2. The maximum atomic E-state index is 13.5. The number of nitrogens with zero attached hydrogens (tertiary/aromatic N) is 1. The molecule has 5 heteroatoms. The smallest absolute Gasteiger partial charge is 0.129 e. The molecule has 1 aromatic heterocycles. The highest BCUT2D eigenvalue weighted by atomic mass is 79.9. The quantitative estimate of drug-likeness (QED) is 0.882. The zero-order chi connectivity index (χ0) is 12.4. The molecule has 1 atom stereocenters. The van der Waals surface area contributed by atoms with Crippen LogP contribution in [0.5, 0.6) is 0 Å². The summed E-state index contributed by atoms with van der Waals surface area (Å²) in [5, 5.41) is 10.1. The van der Waals surface area contributed by atoms with Crippen molar-refractivity contribution < 1.29 is 9.50 Å². The number of halogens is 3. The van der Waals surface area contributed by atoms with Gasteiger partial charge < -0.3 is 5.11 Å². The Hall–Kier alpha value is -0.780. The fourth-order valence-corrected chi connectivity index (χ4v) is 2.67. The van der Waals surface area contributed by atoms with E-state index in [1.807, 2.05) is 0 Å². The molecule has 0 aliphatic heterocycles. The van der Waals surface area contributed by atoms with Crippen LogP contribution in [0.3, 0.4) is 0 Å². The van der Waals surface area contributed by atoms with E-state index >= 15 is 0 Å². The van der Waals surface area contributed by atoms with Crippen molar-refractivity contribution in [1.29, 1.82) is 0 Å². The number of rotatable bonds is 2. The van der Waals surface area contributed by atoms with Crippen LogP contribution in [-0.4, -0.2) is 10.1 Å². The Morgan fingerprint density at radius 2 is 1.94 bits per heavy atom. The van der Waals surface area contributed by atoms with Gasteiger partial charge in [0.1, 0.15) is 11.9 Å². The van der Waals surface area contributed by atoms with Crippen LogP contribution in [0.4, 0.5) is 4.39 Å². The summed E-state index contributed by atoms with van der Waals surface area (Å²) < 4.78 is 14.9. The molecule has 0 spiro atoms. The van der Waals surface area contributed by atoms with Crippen molar-refractivity contribution in [2.75, 3.05) is 0 Å². The van der Waals surface area contributed by atoms with Crippen molar-refractivity contribution in [2.24, 2.45) is 0 Å². The van der Waals surface area contributed by atoms with E-state index in [0.29, 0.717) is 10.2 Å². The van der Waals surface area contributed by atoms with E-state index in [1.54, 1.807) is 24.4 Å². The largest absolute Gasteiger partial charge is 0.382 e. The van der Waals surface area contributed by atoms with Crippen LogP contribution in [0.25, 0.3) is 0 Å². The fraction of sp³-hybridized carbons (Fsp3) is 0.0833. The van der Waals surface area contributed by atoms with Crippen LogP contribution in [-0.2, 0) is 0 Å². The van der Waals surface area contributed by atoms with E-state index in [1.165, 1.54) is 12.1 Å². The van der Waals surface area contributed by atoms with Gasteiger partial charge in [0.05, 0.1) is 5.69 Å². The molecule has 0 radical (unpaired) electrons. The van der Waals surface area contributed by atoms with Crippen LogP contribution >= 0.6 is 31.9 Å². The van der Waals surface area contributed by atoms with Gasteiger partial charge in [0, 0.05) is 20.7 Å². The molecule has 2 rings (SSSR count). The van der Waals surface area contributed by atoms with Gasteiger partial charge in [-0.15, -0.1) is 0 Å². The minimum absolute atomic E-state index is 0.211. The van der Waals surface area contributed by atoms with Gasteiger partial charge in [-0.25, -0.2) is 4.39 Å². The first kappa shape index (κ1) is 12.7. The Morgan fingerprint density at radius 1 is 1.24 bits per heavy atom. The van der Waals surface area contributed by atoms with Crippen molar-refractivity contribution in [3.63, 3.8) is 0 Å². The number of aromatic nitrogens is 1. The minimum atomic E-state index is -1.08. The molecule has 1 aromatic carbocycles. The summed E-state index contributed by atoms with van der Waals surface area (Å²) in [5.41, 5.74) is 0.598. The molecule has 1 N–H and O–H groups in total. The van der Waals surface area contributed by atoms with E-state index in [-0.39, 0.29) is 5.56 Å². The van der Waals surface area contributed by atoms with Crippen LogP contribution in [0.1, 0.15) is 17.4 Å². The van der Waals surface area contributed by atoms with Crippen molar-refractivity contribution in [3.05, 3.63) is 62.5 Å². The van der Waals surface area contributed by atoms with Gasteiger partial charge in [0.15, 0.2) is 0 Å². The molecule has 17 heavy (non-hydrogen) atoms.